The van der Waals surface area contributed by atoms with Crippen molar-refractivity contribution in [3.8, 4) is 0 Å². The minimum Gasteiger partial charge on any atom is -0.481 e. The summed E-state index contributed by atoms with van der Waals surface area (Å²) in [6.45, 7) is 4.73. The van der Waals surface area contributed by atoms with E-state index in [1.165, 1.54) is 21.4 Å². The van der Waals surface area contributed by atoms with Crippen LogP contribution in [-0.4, -0.2) is 46.2 Å². The molecule has 7 nitrogen and oxygen atoms in total. The third kappa shape index (κ3) is 3.62. The average molecular weight is 315 g/mol. The molecule has 2 atom stereocenters. The highest BCUT2D eigenvalue weighted by atomic mass is 32.2. The Bertz CT molecular complexity index is 611. The van der Waals surface area contributed by atoms with Gasteiger partial charge in [-0.25, -0.2) is 8.42 Å². The van der Waals surface area contributed by atoms with Crippen LogP contribution in [0.4, 0.5) is 0 Å². The normalized spacial score (nSPS) is 24.1. The number of aromatic nitrogens is 2. The molecule has 1 aliphatic rings. The van der Waals surface area contributed by atoms with Crippen molar-refractivity contribution in [2.75, 3.05) is 6.54 Å². The second kappa shape index (κ2) is 6.15. The molecule has 21 heavy (non-hydrogen) atoms. The first-order valence-corrected chi connectivity index (χ1v) is 8.51. The Labute approximate surface area is 124 Å². The van der Waals surface area contributed by atoms with E-state index in [0.29, 0.717) is 12.5 Å². The highest BCUT2D eigenvalue weighted by Gasteiger charge is 2.33. The minimum absolute atomic E-state index is 0.0267. The Hall–Kier alpha value is -1.41. The summed E-state index contributed by atoms with van der Waals surface area (Å²) in [5, 5.41) is 12.6. The van der Waals surface area contributed by atoms with Gasteiger partial charge in [0, 0.05) is 18.8 Å². The van der Waals surface area contributed by atoms with E-state index in [1.807, 2.05) is 6.92 Å². The predicted octanol–water partition coefficient (Wildman–Crippen LogP) is 1.17. The second-order valence-electron chi connectivity index (χ2n) is 5.68. The molecule has 2 unspecified atom stereocenters. The molecule has 118 valence electrons. The molecule has 1 saturated heterocycles. The van der Waals surface area contributed by atoms with Gasteiger partial charge >= 0.3 is 5.97 Å². The maximum atomic E-state index is 12.6. The van der Waals surface area contributed by atoms with Crippen LogP contribution in [0.25, 0.3) is 0 Å². The van der Waals surface area contributed by atoms with E-state index in [0.717, 1.165) is 12.8 Å². The molecule has 0 radical (unpaired) electrons. The SMILES string of the molecule is CC1CCN(S(=O)(=O)c2cnn(CCC(=O)O)c2)C(C)C1. The van der Waals surface area contributed by atoms with Crippen LogP contribution in [0.1, 0.15) is 33.1 Å². The molecule has 0 saturated carbocycles. The van der Waals surface area contributed by atoms with Crippen LogP contribution in [0.2, 0.25) is 0 Å². The number of hydrogen-bond acceptors (Lipinski definition) is 4. The zero-order valence-corrected chi connectivity index (χ0v) is 13.1. The maximum Gasteiger partial charge on any atom is 0.305 e. The number of rotatable bonds is 5. The van der Waals surface area contributed by atoms with Gasteiger partial charge in [-0.05, 0) is 25.7 Å². The standard InChI is InChI=1S/C13H21N3O4S/c1-10-3-6-16(11(2)7-10)21(19,20)12-8-14-15(9-12)5-4-13(17)18/h8-11H,3-7H2,1-2H3,(H,17,18). The van der Waals surface area contributed by atoms with Crippen molar-refractivity contribution in [1.29, 1.82) is 0 Å². The third-order valence-electron chi connectivity index (χ3n) is 3.85. The van der Waals surface area contributed by atoms with Gasteiger partial charge in [0.15, 0.2) is 0 Å². The molecule has 1 N–H and O–H groups in total. The molecular weight excluding hydrogens is 294 g/mol. The van der Waals surface area contributed by atoms with E-state index in [9.17, 15) is 13.2 Å². The lowest BCUT2D eigenvalue weighted by Crippen LogP contribution is -2.43. The van der Waals surface area contributed by atoms with Gasteiger partial charge in [0.05, 0.1) is 19.2 Å². The lowest BCUT2D eigenvalue weighted by molar-refractivity contribution is -0.137. The fourth-order valence-electron chi connectivity index (χ4n) is 2.69. The molecule has 1 aromatic rings. The number of aryl methyl sites for hydroxylation is 1. The first kappa shape index (κ1) is 16.0. The van der Waals surface area contributed by atoms with Crippen molar-refractivity contribution in [1.82, 2.24) is 14.1 Å². The van der Waals surface area contributed by atoms with Gasteiger partial charge in [0.25, 0.3) is 0 Å². The van der Waals surface area contributed by atoms with E-state index in [2.05, 4.69) is 12.0 Å². The monoisotopic (exact) mass is 315 g/mol. The van der Waals surface area contributed by atoms with Crippen LogP contribution in [0.15, 0.2) is 17.3 Å². The van der Waals surface area contributed by atoms with Crippen molar-refractivity contribution in [2.45, 2.75) is 50.6 Å². The number of carboxylic acid groups (broad SMARTS) is 1. The number of piperidine rings is 1. The van der Waals surface area contributed by atoms with Crippen LogP contribution in [-0.2, 0) is 21.4 Å². The van der Waals surface area contributed by atoms with Crippen molar-refractivity contribution in [3.05, 3.63) is 12.4 Å². The van der Waals surface area contributed by atoms with E-state index in [4.69, 9.17) is 5.11 Å². The summed E-state index contributed by atoms with van der Waals surface area (Å²) in [5.41, 5.74) is 0. The van der Waals surface area contributed by atoms with E-state index in [-0.39, 0.29) is 23.9 Å². The summed E-state index contributed by atoms with van der Waals surface area (Å²) >= 11 is 0. The largest absolute Gasteiger partial charge is 0.481 e. The number of aliphatic carboxylic acids is 1. The average Bonchev–Trinajstić information content (AvgIpc) is 2.85. The molecule has 2 rings (SSSR count). The van der Waals surface area contributed by atoms with Crippen molar-refractivity contribution < 1.29 is 18.3 Å². The van der Waals surface area contributed by atoms with Crippen molar-refractivity contribution >= 4 is 16.0 Å². The number of carboxylic acids is 1. The molecule has 0 amide bonds. The lowest BCUT2D eigenvalue weighted by atomic mass is 9.95. The Morgan fingerprint density at radius 3 is 2.81 bits per heavy atom. The van der Waals surface area contributed by atoms with Crippen LogP contribution in [0.5, 0.6) is 0 Å². The van der Waals surface area contributed by atoms with Gasteiger partial charge in [0.2, 0.25) is 10.0 Å². The summed E-state index contributed by atoms with van der Waals surface area (Å²) in [5.74, 6) is -0.404. The highest BCUT2D eigenvalue weighted by Crippen LogP contribution is 2.27. The molecule has 1 fully saturated rings. The van der Waals surface area contributed by atoms with Crippen LogP contribution < -0.4 is 0 Å². The van der Waals surface area contributed by atoms with E-state index < -0.39 is 16.0 Å². The Balaban J connectivity index is 2.14. The minimum atomic E-state index is -3.55. The van der Waals surface area contributed by atoms with Gasteiger partial charge in [-0.1, -0.05) is 6.92 Å². The van der Waals surface area contributed by atoms with Crippen LogP contribution in [0.3, 0.4) is 0 Å². The molecule has 0 spiro atoms. The van der Waals surface area contributed by atoms with Crippen LogP contribution in [0, 0.1) is 5.92 Å². The van der Waals surface area contributed by atoms with E-state index in [1.54, 1.807) is 0 Å². The Morgan fingerprint density at radius 2 is 2.19 bits per heavy atom. The summed E-state index contributed by atoms with van der Waals surface area (Å²) in [4.78, 5) is 10.7. The molecule has 0 bridgehead atoms. The number of hydrogen-bond donors (Lipinski definition) is 1. The molecular formula is C13H21N3O4S. The smallest absolute Gasteiger partial charge is 0.305 e. The maximum absolute atomic E-state index is 12.6. The molecule has 8 heteroatoms. The molecule has 1 aromatic heterocycles. The summed E-state index contributed by atoms with van der Waals surface area (Å²) < 4.78 is 28.1. The predicted molar refractivity (Wildman–Crippen MR) is 76.2 cm³/mol. The number of sulfonamides is 1. The molecule has 0 aromatic carbocycles. The Kier molecular flexibility index (Phi) is 4.67. The number of carbonyl (C=O) groups is 1. The molecule has 0 aliphatic carbocycles. The summed E-state index contributed by atoms with van der Waals surface area (Å²) in [6.07, 6.45) is 4.33. The van der Waals surface area contributed by atoms with Gasteiger partial charge in [-0.3, -0.25) is 9.48 Å². The zero-order chi connectivity index (χ0) is 15.6. The highest BCUT2D eigenvalue weighted by molar-refractivity contribution is 7.89. The Morgan fingerprint density at radius 1 is 1.48 bits per heavy atom. The second-order valence-corrected chi connectivity index (χ2v) is 7.57. The topological polar surface area (TPSA) is 92.5 Å². The molecule has 2 heterocycles. The van der Waals surface area contributed by atoms with Crippen LogP contribution >= 0.6 is 0 Å². The van der Waals surface area contributed by atoms with Gasteiger partial charge in [-0.15, -0.1) is 0 Å². The lowest BCUT2D eigenvalue weighted by Gasteiger charge is -2.35. The van der Waals surface area contributed by atoms with Gasteiger partial charge in [0.1, 0.15) is 4.90 Å². The van der Waals surface area contributed by atoms with Gasteiger partial charge < -0.3 is 5.11 Å². The fourth-order valence-corrected chi connectivity index (χ4v) is 4.30. The van der Waals surface area contributed by atoms with Crippen molar-refractivity contribution in [3.63, 3.8) is 0 Å². The third-order valence-corrected chi connectivity index (χ3v) is 5.81. The summed E-state index contributed by atoms with van der Waals surface area (Å²) in [7, 11) is -3.55. The fraction of sp³-hybridized carbons (Fsp3) is 0.692. The zero-order valence-electron chi connectivity index (χ0n) is 12.3. The quantitative estimate of drug-likeness (QED) is 0.880. The molecule has 1 aliphatic heterocycles. The first-order valence-electron chi connectivity index (χ1n) is 7.07. The van der Waals surface area contributed by atoms with Crippen molar-refractivity contribution in [2.24, 2.45) is 5.92 Å². The summed E-state index contributed by atoms with van der Waals surface area (Å²) in [6, 6.07) is -0.0267. The van der Waals surface area contributed by atoms with E-state index >= 15 is 0 Å². The first-order chi connectivity index (χ1) is 9.80. The van der Waals surface area contributed by atoms with Gasteiger partial charge in [-0.2, -0.15) is 9.40 Å². The number of nitrogens with zero attached hydrogens (tertiary/aromatic N) is 3.